The van der Waals surface area contributed by atoms with Crippen molar-refractivity contribution >= 4 is 11.8 Å². The summed E-state index contributed by atoms with van der Waals surface area (Å²) in [6.07, 6.45) is 0.576. The van der Waals surface area contributed by atoms with E-state index < -0.39 is 5.92 Å². The molecule has 0 heterocycles. The molecule has 0 aromatic rings. The van der Waals surface area contributed by atoms with Crippen molar-refractivity contribution < 1.29 is 14.3 Å². The van der Waals surface area contributed by atoms with Gasteiger partial charge in [0.15, 0.2) is 0 Å². The number of rotatable bonds is 6. The van der Waals surface area contributed by atoms with Gasteiger partial charge in [0.1, 0.15) is 11.7 Å². The fourth-order valence-corrected chi connectivity index (χ4v) is 1.25. The summed E-state index contributed by atoms with van der Waals surface area (Å²) in [6.45, 7) is 9.76. The van der Waals surface area contributed by atoms with E-state index >= 15 is 0 Å². The monoisotopic (exact) mass is 214 g/mol. The van der Waals surface area contributed by atoms with Crippen molar-refractivity contribution in [3.8, 4) is 0 Å². The molecule has 0 aliphatic carbocycles. The lowest BCUT2D eigenvalue weighted by atomic mass is 9.94. The van der Waals surface area contributed by atoms with Gasteiger partial charge in [-0.2, -0.15) is 0 Å². The summed E-state index contributed by atoms with van der Waals surface area (Å²) < 4.78 is 5.07. The van der Waals surface area contributed by atoms with E-state index in [9.17, 15) is 9.59 Å². The third-order valence-corrected chi connectivity index (χ3v) is 2.04. The van der Waals surface area contributed by atoms with Gasteiger partial charge < -0.3 is 4.74 Å². The summed E-state index contributed by atoms with van der Waals surface area (Å²) in [7, 11) is 0. The summed E-state index contributed by atoms with van der Waals surface area (Å²) in [4.78, 5) is 22.8. The Labute approximate surface area is 92.2 Å². The molecule has 0 bridgehead atoms. The van der Waals surface area contributed by atoms with Gasteiger partial charge >= 0.3 is 5.97 Å². The van der Waals surface area contributed by atoms with Crippen LogP contribution in [0.15, 0.2) is 0 Å². The number of carbonyl (C=O) groups is 2. The molecule has 0 amide bonds. The average Bonchev–Trinajstić information content (AvgIpc) is 2.09. The number of ether oxygens (including phenoxy) is 1. The van der Waals surface area contributed by atoms with E-state index in [-0.39, 0.29) is 11.8 Å². The highest BCUT2D eigenvalue weighted by Crippen LogP contribution is 2.15. The van der Waals surface area contributed by atoms with E-state index in [1.54, 1.807) is 0 Å². The SMILES string of the molecule is CC(=O)C(CC(C)C)C(=O)OCC(C)C. The molecule has 0 rings (SSSR count). The van der Waals surface area contributed by atoms with E-state index in [1.165, 1.54) is 6.92 Å². The Kier molecular flexibility index (Phi) is 6.21. The predicted molar refractivity (Wildman–Crippen MR) is 59.4 cm³/mol. The van der Waals surface area contributed by atoms with Gasteiger partial charge in [-0.15, -0.1) is 0 Å². The van der Waals surface area contributed by atoms with Crippen molar-refractivity contribution in [1.29, 1.82) is 0 Å². The molecule has 1 unspecified atom stereocenters. The molecule has 0 aromatic heterocycles. The van der Waals surface area contributed by atoms with E-state index in [0.29, 0.717) is 24.9 Å². The highest BCUT2D eigenvalue weighted by atomic mass is 16.5. The number of ketones is 1. The molecule has 0 fully saturated rings. The minimum absolute atomic E-state index is 0.0996. The van der Waals surface area contributed by atoms with Crippen molar-refractivity contribution in [1.82, 2.24) is 0 Å². The van der Waals surface area contributed by atoms with Crippen LogP contribution in [0.3, 0.4) is 0 Å². The van der Waals surface area contributed by atoms with Gasteiger partial charge in [-0.1, -0.05) is 27.7 Å². The zero-order valence-corrected chi connectivity index (χ0v) is 10.4. The Morgan fingerprint density at radius 3 is 1.93 bits per heavy atom. The van der Waals surface area contributed by atoms with Crippen LogP contribution in [-0.4, -0.2) is 18.4 Å². The lowest BCUT2D eigenvalue weighted by Crippen LogP contribution is -2.27. The second-order valence-corrected chi connectivity index (χ2v) is 4.82. The van der Waals surface area contributed by atoms with Gasteiger partial charge in [-0.05, 0) is 25.2 Å². The molecule has 1 atom stereocenters. The number of hydrogen-bond acceptors (Lipinski definition) is 3. The molecule has 88 valence electrons. The number of Topliss-reactive ketones (excluding diaryl/α,β-unsaturated/α-hetero) is 1. The first-order valence-corrected chi connectivity index (χ1v) is 5.51. The summed E-state index contributed by atoms with van der Waals surface area (Å²) >= 11 is 0. The average molecular weight is 214 g/mol. The first-order valence-electron chi connectivity index (χ1n) is 5.51. The normalized spacial score (nSPS) is 13.0. The Balaban J connectivity index is 4.23. The van der Waals surface area contributed by atoms with Crippen LogP contribution >= 0.6 is 0 Å². The van der Waals surface area contributed by atoms with Crippen molar-refractivity contribution in [2.45, 2.75) is 41.0 Å². The van der Waals surface area contributed by atoms with Gasteiger partial charge in [-0.3, -0.25) is 9.59 Å². The minimum Gasteiger partial charge on any atom is -0.465 e. The van der Waals surface area contributed by atoms with Gasteiger partial charge in [0.25, 0.3) is 0 Å². The maximum absolute atomic E-state index is 11.6. The number of carbonyl (C=O) groups excluding carboxylic acids is 2. The standard InChI is InChI=1S/C12H22O3/c1-8(2)6-11(10(5)13)12(14)15-7-9(3)4/h8-9,11H,6-7H2,1-5H3. The number of hydrogen-bond donors (Lipinski definition) is 0. The molecule has 0 N–H and O–H groups in total. The Hall–Kier alpha value is -0.860. The van der Waals surface area contributed by atoms with Crippen LogP contribution in [0.1, 0.15) is 41.0 Å². The molecular weight excluding hydrogens is 192 g/mol. The summed E-state index contributed by atoms with van der Waals surface area (Å²) in [5.41, 5.74) is 0. The molecule has 0 spiro atoms. The number of esters is 1. The van der Waals surface area contributed by atoms with Gasteiger partial charge in [0.05, 0.1) is 6.61 Å². The van der Waals surface area contributed by atoms with Crippen LogP contribution in [0.4, 0.5) is 0 Å². The molecule has 0 aromatic carbocycles. The quantitative estimate of drug-likeness (QED) is 0.504. The molecule has 3 nitrogen and oxygen atoms in total. The van der Waals surface area contributed by atoms with Crippen LogP contribution in [0, 0.1) is 17.8 Å². The molecule has 0 saturated heterocycles. The zero-order chi connectivity index (χ0) is 12.0. The van der Waals surface area contributed by atoms with Crippen molar-refractivity contribution in [3.05, 3.63) is 0 Å². The molecule has 0 aliphatic rings. The maximum atomic E-state index is 11.6. The fraction of sp³-hybridized carbons (Fsp3) is 0.833. The Bertz CT molecular complexity index is 219. The third-order valence-electron chi connectivity index (χ3n) is 2.04. The second kappa shape index (κ2) is 6.59. The molecule has 3 heteroatoms. The predicted octanol–water partition coefficient (Wildman–Crippen LogP) is 2.44. The largest absolute Gasteiger partial charge is 0.465 e. The molecular formula is C12H22O3. The molecule has 0 aliphatic heterocycles. The topological polar surface area (TPSA) is 43.4 Å². The van der Waals surface area contributed by atoms with Crippen molar-refractivity contribution in [2.24, 2.45) is 17.8 Å². The van der Waals surface area contributed by atoms with Gasteiger partial charge in [-0.25, -0.2) is 0 Å². The fourth-order valence-electron chi connectivity index (χ4n) is 1.25. The first kappa shape index (κ1) is 14.1. The summed E-state index contributed by atoms with van der Waals surface area (Å²) in [5, 5.41) is 0. The van der Waals surface area contributed by atoms with Crippen LogP contribution in [0.2, 0.25) is 0 Å². The second-order valence-electron chi connectivity index (χ2n) is 4.82. The summed E-state index contributed by atoms with van der Waals surface area (Å²) in [5.74, 6) is -0.419. The maximum Gasteiger partial charge on any atom is 0.316 e. The van der Waals surface area contributed by atoms with Crippen LogP contribution < -0.4 is 0 Å². The molecule has 15 heavy (non-hydrogen) atoms. The summed E-state index contributed by atoms with van der Waals surface area (Å²) in [6, 6.07) is 0. The smallest absolute Gasteiger partial charge is 0.316 e. The highest BCUT2D eigenvalue weighted by molar-refractivity contribution is 5.97. The van der Waals surface area contributed by atoms with E-state index in [4.69, 9.17) is 4.74 Å². The minimum atomic E-state index is -0.580. The van der Waals surface area contributed by atoms with Crippen LogP contribution in [0.5, 0.6) is 0 Å². The van der Waals surface area contributed by atoms with E-state index in [0.717, 1.165) is 0 Å². The van der Waals surface area contributed by atoms with Crippen molar-refractivity contribution in [2.75, 3.05) is 6.61 Å². The molecule has 0 saturated carbocycles. The lowest BCUT2D eigenvalue weighted by Gasteiger charge is -2.16. The lowest BCUT2D eigenvalue weighted by molar-refractivity contribution is -0.153. The van der Waals surface area contributed by atoms with Gasteiger partial charge in [0, 0.05) is 0 Å². The van der Waals surface area contributed by atoms with Crippen LogP contribution in [0.25, 0.3) is 0 Å². The van der Waals surface area contributed by atoms with Crippen molar-refractivity contribution in [3.63, 3.8) is 0 Å². The van der Waals surface area contributed by atoms with E-state index in [2.05, 4.69) is 0 Å². The first-order chi connectivity index (χ1) is 6.84. The highest BCUT2D eigenvalue weighted by Gasteiger charge is 2.25. The van der Waals surface area contributed by atoms with E-state index in [1.807, 2.05) is 27.7 Å². The third kappa shape index (κ3) is 6.26. The van der Waals surface area contributed by atoms with Crippen LogP contribution in [-0.2, 0) is 14.3 Å². The molecule has 0 radical (unpaired) electrons. The Morgan fingerprint density at radius 2 is 1.60 bits per heavy atom. The Morgan fingerprint density at radius 1 is 1.07 bits per heavy atom. The zero-order valence-electron chi connectivity index (χ0n) is 10.4. The van der Waals surface area contributed by atoms with Gasteiger partial charge in [0.2, 0.25) is 0 Å².